The summed E-state index contributed by atoms with van der Waals surface area (Å²) in [7, 11) is -3.65. The number of nitrogens with zero attached hydrogens (tertiary/aromatic N) is 2. The molecule has 0 saturated carbocycles. The minimum absolute atomic E-state index is 0.183. The largest absolute Gasteiger partial charge is 0.451 e. The number of anilines is 2. The summed E-state index contributed by atoms with van der Waals surface area (Å²) in [5.41, 5.74) is 2.60. The zero-order valence-electron chi connectivity index (χ0n) is 19.2. The lowest BCUT2D eigenvalue weighted by Crippen LogP contribution is -2.37. The Hall–Kier alpha value is -2.88. The molecule has 2 saturated heterocycles. The third kappa shape index (κ3) is 4.31. The molecule has 0 atom stereocenters. The maximum absolute atomic E-state index is 13.3. The summed E-state index contributed by atoms with van der Waals surface area (Å²) in [5.74, 6) is -0.186. The van der Waals surface area contributed by atoms with E-state index in [-0.39, 0.29) is 10.7 Å². The van der Waals surface area contributed by atoms with Crippen LogP contribution in [0.5, 0.6) is 0 Å². The Labute approximate surface area is 199 Å². The summed E-state index contributed by atoms with van der Waals surface area (Å²) in [6, 6.07) is 12.5. The second-order valence-electron chi connectivity index (χ2n) is 8.75. The lowest BCUT2D eigenvalue weighted by atomic mass is 10.1. The van der Waals surface area contributed by atoms with Gasteiger partial charge in [-0.05, 0) is 44.0 Å². The van der Waals surface area contributed by atoms with E-state index in [1.807, 2.05) is 31.2 Å². The predicted molar refractivity (Wildman–Crippen MR) is 131 cm³/mol. The number of benzene rings is 2. The Kier molecular flexibility index (Phi) is 6.33. The standard InChI is InChI=1S/C25H29N3O5S/c1-18-20-7-3-4-8-23(20)33-24(18)25(29)26-21-17-19(34(30,31)28-11-5-2-6-12-28)9-10-22(21)27-13-15-32-16-14-27/h3-4,7-10,17H,2,5-6,11-16H2,1H3,(H,26,29). The molecule has 2 aromatic carbocycles. The lowest BCUT2D eigenvalue weighted by molar-refractivity contribution is 0.0998. The number of amides is 1. The molecular weight excluding hydrogens is 454 g/mol. The number of rotatable bonds is 5. The second-order valence-corrected chi connectivity index (χ2v) is 10.7. The van der Waals surface area contributed by atoms with Crippen LogP contribution in [-0.4, -0.2) is 58.0 Å². The number of carbonyl (C=O) groups is 1. The first-order valence-corrected chi connectivity index (χ1v) is 13.2. The molecule has 180 valence electrons. The molecule has 2 aliphatic rings. The van der Waals surface area contributed by atoms with Crippen LogP contribution in [0.3, 0.4) is 0 Å². The number of ether oxygens (including phenoxy) is 1. The number of hydrogen-bond donors (Lipinski definition) is 1. The summed E-state index contributed by atoms with van der Waals surface area (Å²) in [6.45, 7) is 5.35. The average molecular weight is 484 g/mol. The first kappa shape index (κ1) is 22.9. The van der Waals surface area contributed by atoms with Crippen molar-refractivity contribution < 1.29 is 22.4 Å². The molecule has 5 rings (SSSR count). The van der Waals surface area contributed by atoms with Gasteiger partial charge < -0.3 is 19.4 Å². The van der Waals surface area contributed by atoms with Crippen LogP contribution in [0, 0.1) is 6.92 Å². The normalized spacial score (nSPS) is 17.7. The van der Waals surface area contributed by atoms with E-state index in [0.717, 1.165) is 35.9 Å². The van der Waals surface area contributed by atoms with Crippen molar-refractivity contribution in [1.82, 2.24) is 4.31 Å². The first-order valence-electron chi connectivity index (χ1n) is 11.7. The predicted octanol–water partition coefficient (Wildman–Crippen LogP) is 4.00. The third-order valence-corrected chi connectivity index (χ3v) is 8.47. The Balaban J connectivity index is 1.51. The number of piperidine rings is 1. The van der Waals surface area contributed by atoms with E-state index in [1.165, 1.54) is 4.31 Å². The van der Waals surface area contributed by atoms with E-state index in [9.17, 15) is 13.2 Å². The molecule has 3 aromatic rings. The number of fused-ring (bicyclic) bond motifs is 1. The van der Waals surface area contributed by atoms with Crippen LogP contribution in [0.25, 0.3) is 11.0 Å². The smallest absolute Gasteiger partial charge is 0.291 e. The van der Waals surface area contributed by atoms with Gasteiger partial charge in [-0.2, -0.15) is 4.31 Å². The van der Waals surface area contributed by atoms with Gasteiger partial charge in [0.05, 0.1) is 29.5 Å². The number of sulfonamides is 1. The first-order chi connectivity index (χ1) is 16.4. The van der Waals surface area contributed by atoms with Gasteiger partial charge in [0.1, 0.15) is 5.58 Å². The summed E-state index contributed by atoms with van der Waals surface area (Å²) >= 11 is 0. The second kappa shape index (κ2) is 9.40. The van der Waals surface area contributed by atoms with E-state index >= 15 is 0 Å². The van der Waals surface area contributed by atoms with Crippen molar-refractivity contribution in [3.63, 3.8) is 0 Å². The van der Waals surface area contributed by atoms with E-state index in [1.54, 1.807) is 18.2 Å². The van der Waals surface area contributed by atoms with Crippen LogP contribution in [-0.2, 0) is 14.8 Å². The Morgan fingerprint density at radius 2 is 1.71 bits per heavy atom. The van der Waals surface area contributed by atoms with E-state index in [0.29, 0.717) is 50.7 Å². The Bertz CT molecular complexity index is 1310. The van der Waals surface area contributed by atoms with Crippen molar-refractivity contribution in [2.45, 2.75) is 31.1 Å². The lowest BCUT2D eigenvalue weighted by Gasteiger charge is -2.31. The van der Waals surface area contributed by atoms with Crippen LogP contribution >= 0.6 is 0 Å². The Morgan fingerprint density at radius 1 is 0.971 bits per heavy atom. The minimum atomic E-state index is -3.65. The van der Waals surface area contributed by atoms with Gasteiger partial charge >= 0.3 is 0 Å². The van der Waals surface area contributed by atoms with Gasteiger partial charge in [-0.3, -0.25) is 4.79 Å². The maximum Gasteiger partial charge on any atom is 0.291 e. The molecule has 0 bridgehead atoms. The number of aryl methyl sites for hydroxylation is 1. The SMILES string of the molecule is Cc1c(C(=O)Nc2cc(S(=O)(=O)N3CCCCC3)ccc2N2CCOCC2)oc2ccccc12. The molecule has 1 aromatic heterocycles. The highest BCUT2D eigenvalue weighted by atomic mass is 32.2. The molecule has 2 aliphatic heterocycles. The summed E-state index contributed by atoms with van der Waals surface area (Å²) in [5, 5.41) is 3.82. The number of hydrogen-bond acceptors (Lipinski definition) is 6. The van der Waals surface area contributed by atoms with Crippen LogP contribution in [0.15, 0.2) is 51.8 Å². The zero-order chi connectivity index (χ0) is 23.7. The fraction of sp³-hybridized carbons (Fsp3) is 0.400. The molecule has 1 N–H and O–H groups in total. The van der Waals surface area contributed by atoms with Crippen LogP contribution in [0.4, 0.5) is 11.4 Å². The molecule has 0 aliphatic carbocycles. The van der Waals surface area contributed by atoms with Crippen LogP contribution in [0.1, 0.15) is 35.4 Å². The fourth-order valence-corrected chi connectivity index (χ4v) is 6.22. The van der Waals surface area contributed by atoms with Gasteiger partial charge in [0.2, 0.25) is 10.0 Å². The molecule has 34 heavy (non-hydrogen) atoms. The molecule has 0 unspecified atom stereocenters. The average Bonchev–Trinajstić information content (AvgIpc) is 3.22. The quantitative estimate of drug-likeness (QED) is 0.590. The maximum atomic E-state index is 13.3. The minimum Gasteiger partial charge on any atom is -0.451 e. The number of para-hydroxylation sites is 1. The van der Waals surface area contributed by atoms with Crippen molar-refractivity contribution in [3.8, 4) is 0 Å². The van der Waals surface area contributed by atoms with Crippen LogP contribution < -0.4 is 10.2 Å². The molecular formula is C25H29N3O5S. The van der Waals surface area contributed by atoms with E-state index in [2.05, 4.69) is 10.2 Å². The number of carbonyl (C=O) groups excluding carboxylic acids is 1. The Morgan fingerprint density at radius 3 is 2.44 bits per heavy atom. The van der Waals surface area contributed by atoms with E-state index in [4.69, 9.17) is 9.15 Å². The molecule has 2 fully saturated rings. The summed E-state index contributed by atoms with van der Waals surface area (Å²) in [4.78, 5) is 15.6. The summed E-state index contributed by atoms with van der Waals surface area (Å²) in [6.07, 6.45) is 2.76. The molecule has 3 heterocycles. The highest BCUT2D eigenvalue weighted by Crippen LogP contribution is 2.33. The van der Waals surface area contributed by atoms with Gasteiger partial charge in [0, 0.05) is 37.1 Å². The van der Waals surface area contributed by atoms with Crippen molar-refractivity contribution in [2.24, 2.45) is 0 Å². The monoisotopic (exact) mass is 483 g/mol. The number of furan rings is 1. The molecule has 8 nitrogen and oxygen atoms in total. The van der Waals surface area contributed by atoms with E-state index < -0.39 is 15.9 Å². The molecule has 0 radical (unpaired) electrons. The number of nitrogens with one attached hydrogen (secondary N) is 1. The highest BCUT2D eigenvalue weighted by Gasteiger charge is 2.28. The van der Waals surface area contributed by atoms with Gasteiger partial charge in [-0.1, -0.05) is 24.6 Å². The van der Waals surface area contributed by atoms with Gasteiger partial charge in [0.15, 0.2) is 5.76 Å². The zero-order valence-corrected chi connectivity index (χ0v) is 20.1. The fourth-order valence-electron chi connectivity index (χ4n) is 4.68. The van der Waals surface area contributed by atoms with Crippen molar-refractivity contribution in [3.05, 3.63) is 53.8 Å². The van der Waals surface area contributed by atoms with Crippen LogP contribution in [0.2, 0.25) is 0 Å². The highest BCUT2D eigenvalue weighted by molar-refractivity contribution is 7.89. The number of morpholine rings is 1. The molecule has 0 spiro atoms. The van der Waals surface area contributed by atoms with Crippen molar-refractivity contribution in [2.75, 3.05) is 49.6 Å². The third-order valence-electron chi connectivity index (χ3n) is 6.57. The van der Waals surface area contributed by atoms with Gasteiger partial charge in [-0.25, -0.2) is 8.42 Å². The van der Waals surface area contributed by atoms with Crippen molar-refractivity contribution >= 4 is 38.3 Å². The molecule has 1 amide bonds. The summed E-state index contributed by atoms with van der Waals surface area (Å²) < 4.78 is 39.5. The van der Waals surface area contributed by atoms with Gasteiger partial charge in [0.25, 0.3) is 5.91 Å². The van der Waals surface area contributed by atoms with Gasteiger partial charge in [-0.15, -0.1) is 0 Å². The topological polar surface area (TPSA) is 92.1 Å². The van der Waals surface area contributed by atoms with Crippen molar-refractivity contribution in [1.29, 1.82) is 0 Å². The molecule has 9 heteroatoms.